The number of non-ortho nitro benzene ring substituents is 2. The number of aliphatic hydroxyl groups is 2. The van der Waals surface area contributed by atoms with Gasteiger partial charge in [0.25, 0.3) is 11.4 Å². The van der Waals surface area contributed by atoms with E-state index in [1.54, 1.807) is 37.3 Å². The molecule has 90 heavy (non-hydrogen) atoms. The van der Waals surface area contributed by atoms with Crippen LogP contribution in [-0.4, -0.2) is 156 Å². The number of aliphatic hydroxyl groups excluding tert-OH is 2. The Morgan fingerprint density at radius 3 is 1.28 bits per heavy atom. The third-order valence-electron chi connectivity index (χ3n) is 12.3. The smallest absolute Gasteiger partial charge is 0.338 e. The van der Waals surface area contributed by atoms with Crippen molar-refractivity contribution in [2.75, 3.05) is 26.2 Å². The molecule has 15 atom stereocenters. The van der Waals surface area contributed by atoms with E-state index < -0.39 is 127 Å². The molecule has 0 amide bonds. The Bertz CT molecular complexity index is 3320. The van der Waals surface area contributed by atoms with Gasteiger partial charge in [0.2, 0.25) is 0 Å². The number of nitrogens with zero attached hydrogens (tertiary/aromatic N) is 20. The molecule has 37 nitrogen and oxygen atoms in total. The number of benzene rings is 4. The van der Waals surface area contributed by atoms with Crippen LogP contribution in [0, 0.1) is 20.2 Å². The first-order valence-electron chi connectivity index (χ1n) is 26.0. The van der Waals surface area contributed by atoms with Crippen LogP contribution < -0.4 is 0 Å². The van der Waals surface area contributed by atoms with Crippen LogP contribution in [0.3, 0.4) is 0 Å². The first-order chi connectivity index (χ1) is 43.3. The van der Waals surface area contributed by atoms with Gasteiger partial charge in [-0.2, -0.15) is 0 Å². The molecule has 4 aromatic carbocycles. The number of carbonyl (C=O) groups is 3. The van der Waals surface area contributed by atoms with Crippen LogP contribution in [0.5, 0.6) is 0 Å². The van der Waals surface area contributed by atoms with Crippen molar-refractivity contribution in [1.82, 2.24) is 0 Å². The molecule has 4 aromatic rings. The Labute approximate surface area is 504 Å². The van der Waals surface area contributed by atoms with Crippen LogP contribution in [0.4, 0.5) is 24.5 Å². The molecule has 2 N–H and O–H groups in total. The molecular formula is C50H53F3N20O17. The monoisotopic (exact) mass is 1260 g/mol. The molecule has 0 radical (unpaired) electrons. The van der Waals surface area contributed by atoms with Gasteiger partial charge in [0.15, 0.2) is 43.4 Å². The van der Waals surface area contributed by atoms with Crippen LogP contribution >= 0.6 is 0 Å². The number of azide groups is 6. The Kier molecular flexibility index (Phi) is 30.3. The second-order valence-electron chi connectivity index (χ2n) is 18.2. The highest BCUT2D eigenvalue weighted by atomic mass is 19.1. The molecule has 7 rings (SSSR count). The SMILES string of the molecule is CCOC(C)=O.[N-]=[N+]=NC[C@H]1OC(O)[C@H](N=[N+]=[N-])[C@@H](F)[C@H]1OC(=O)c1ccc([N+](=O)[O-])cc1.[N-]=[N+]=NC[C@H]1OC(OCc2ccccc2)[C@H](N=[N+]=[N-])[C@@H](F)[C@@H]1O.[N-]=[N+]=NC[C@H]1OC(OCc2ccccc2)[C@H](N=[N+]=[N-])[C@@H](F)[C@H]1OC(=O)c1ccc([N+](=O)[O-])cc1. The van der Waals surface area contributed by atoms with Crippen LogP contribution in [0.15, 0.2) is 140 Å². The van der Waals surface area contributed by atoms with Gasteiger partial charge in [0.05, 0.1) is 66.5 Å². The van der Waals surface area contributed by atoms with Gasteiger partial charge in [0.1, 0.15) is 42.6 Å². The molecule has 0 bridgehead atoms. The summed E-state index contributed by atoms with van der Waals surface area (Å²) in [5.41, 5.74) is 52.2. The van der Waals surface area contributed by atoms with E-state index in [2.05, 4.69) is 64.9 Å². The minimum Gasteiger partial charge on any atom is -0.466 e. The summed E-state index contributed by atoms with van der Waals surface area (Å²) in [6.45, 7) is 2.65. The van der Waals surface area contributed by atoms with Gasteiger partial charge in [-0.05, 0) is 75.5 Å². The molecule has 3 aliphatic rings. The summed E-state index contributed by atoms with van der Waals surface area (Å²) in [6.07, 6.45) is -19.0. The zero-order valence-corrected chi connectivity index (χ0v) is 46.9. The maximum atomic E-state index is 15.5. The highest BCUT2D eigenvalue weighted by Crippen LogP contribution is 2.33. The van der Waals surface area contributed by atoms with Crippen molar-refractivity contribution in [1.29, 1.82) is 0 Å². The normalized spacial score (nSPS) is 25.3. The van der Waals surface area contributed by atoms with Crippen molar-refractivity contribution in [2.24, 2.45) is 30.7 Å². The van der Waals surface area contributed by atoms with E-state index in [-0.39, 0.29) is 48.2 Å². The number of hydrogen-bond acceptors (Lipinski definition) is 23. The van der Waals surface area contributed by atoms with Crippen molar-refractivity contribution in [3.63, 3.8) is 0 Å². The largest absolute Gasteiger partial charge is 0.466 e. The second-order valence-corrected chi connectivity index (χ2v) is 18.2. The van der Waals surface area contributed by atoms with Gasteiger partial charge in [0, 0.05) is 60.7 Å². The van der Waals surface area contributed by atoms with Gasteiger partial charge >= 0.3 is 17.9 Å². The van der Waals surface area contributed by atoms with Crippen molar-refractivity contribution in [2.45, 2.75) is 119 Å². The van der Waals surface area contributed by atoms with E-state index in [1.165, 1.54) is 6.92 Å². The van der Waals surface area contributed by atoms with Crippen LogP contribution in [0.1, 0.15) is 45.7 Å². The molecule has 0 spiro atoms. The zero-order chi connectivity index (χ0) is 66.1. The summed E-state index contributed by atoms with van der Waals surface area (Å²) in [7, 11) is 0. The Hall–Kier alpha value is -10.5. The molecule has 3 saturated heterocycles. The number of carbonyl (C=O) groups excluding carboxylic acids is 3. The first-order valence-corrected chi connectivity index (χ1v) is 26.0. The Morgan fingerprint density at radius 2 is 0.911 bits per heavy atom. The number of esters is 3. The lowest BCUT2D eigenvalue weighted by molar-refractivity contribution is -0.385. The topological polar surface area (TPSA) is 544 Å². The van der Waals surface area contributed by atoms with Crippen LogP contribution in [0.25, 0.3) is 62.7 Å². The van der Waals surface area contributed by atoms with Crippen molar-refractivity contribution in [3.8, 4) is 0 Å². The first kappa shape index (κ1) is 71.9. The van der Waals surface area contributed by atoms with Crippen molar-refractivity contribution < 1.29 is 85.5 Å². The summed E-state index contributed by atoms with van der Waals surface area (Å²) in [6, 6.07) is 22.3. The highest BCUT2D eigenvalue weighted by molar-refractivity contribution is 5.90. The van der Waals surface area contributed by atoms with Gasteiger partial charge in [-0.15, -0.1) is 0 Å². The molecule has 0 aliphatic carbocycles. The lowest BCUT2D eigenvalue weighted by atomic mass is 9.98. The molecule has 3 heterocycles. The van der Waals surface area contributed by atoms with E-state index in [1.807, 2.05) is 30.3 Å². The predicted octanol–water partition coefficient (Wildman–Crippen LogP) is 9.74. The Balaban J connectivity index is 0.000000280. The van der Waals surface area contributed by atoms with E-state index in [4.69, 9.17) is 66.3 Å². The fourth-order valence-electron chi connectivity index (χ4n) is 8.08. The van der Waals surface area contributed by atoms with E-state index in [9.17, 15) is 53.6 Å². The van der Waals surface area contributed by atoms with E-state index in [0.29, 0.717) is 6.61 Å². The average Bonchev–Trinajstić information content (AvgIpc) is 0.867. The van der Waals surface area contributed by atoms with Crippen LogP contribution in [-0.2, 0) is 55.9 Å². The molecule has 0 saturated carbocycles. The summed E-state index contributed by atoms with van der Waals surface area (Å²) < 4.78 is 86.4. The van der Waals surface area contributed by atoms with Gasteiger partial charge in [-0.1, -0.05) is 91.3 Å². The number of nitro benzene ring substituents is 2. The molecule has 0 aromatic heterocycles. The Morgan fingerprint density at radius 1 is 0.544 bits per heavy atom. The fraction of sp³-hybridized carbons (Fsp3) is 0.460. The van der Waals surface area contributed by atoms with Crippen molar-refractivity contribution >= 4 is 29.3 Å². The summed E-state index contributed by atoms with van der Waals surface area (Å²) in [5.74, 6) is -2.25. The molecule has 3 unspecified atom stereocenters. The number of hydrogen-bond donors (Lipinski definition) is 2. The number of ether oxygens (including phenoxy) is 8. The minimum atomic E-state index is -2.15. The summed E-state index contributed by atoms with van der Waals surface area (Å²) in [5, 5.41) is 60.7. The summed E-state index contributed by atoms with van der Waals surface area (Å²) >= 11 is 0. The lowest BCUT2D eigenvalue weighted by Crippen LogP contribution is -2.58. The number of alkyl halides is 3. The van der Waals surface area contributed by atoms with E-state index >= 15 is 4.39 Å². The molecule has 40 heteroatoms. The number of halogens is 3. The molecule has 3 fully saturated rings. The number of nitro groups is 2. The van der Waals surface area contributed by atoms with Crippen LogP contribution in [0.2, 0.25) is 0 Å². The molecular weight excluding hydrogens is 1210 g/mol. The second kappa shape index (κ2) is 37.9. The minimum absolute atomic E-state index is 0.0111. The van der Waals surface area contributed by atoms with Gasteiger partial charge in [-0.3, -0.25) is 25.0 Å². The zero-order valence-electron chi connectivity index (χ0n) is 46.9. The summed E-state index contributed by atoms with van der Waals surface area (Å²) in [4.78, 5) is 70.0. The number of rotatable bonds is 22. The molecule has 3 aliphatic heterocycles. The maximum Gasteiger partial charge on any atom is 0.338 e. The van der Waals surface area contributed by atoms with Crippen molar-refractivity contribution in [3.05, 3.63) is 214 Å². The lowest BCUT2D eigenvalue weighted by Gasteiger charge is -2.40. The van der Waals surface area contributed by atoms with E-state index in [0.717, 1.165) is 59.7 Å². The average molecular weight is 1260 g/mol. The maximum absolute atomic E-state index is 15.5. The third kappa shape index (κ3) is 22.0. The predicted molar refractivity (Wildman–Crippen MR) is 299 cm³/mol. The quantitative estimate of drug-likeness (QED) is 0.0140. The third-order valence-corrected chi connectivity index (χ3v) is 12.3. The van der Waals surface area contributed by atoms with Gasteiger partial charge < -0.3 is 48.1 Å². The molecule has 476 valence electrons. The fourth-order valence-corrected chi connectivity index (χ4v) is 8.08. The standard InChI is InChI=1S/C20H18FN7O6.C13H12FN7O6.C13H15FN6O3.C4H8O2/c21-16-17(25-27-23)20(32-11-12-4-2-1-3-5-12)33-15(10-24-26-22)18(16)34-19(29)13-6-8-14(9-7-13)28(30)31;14-9-10(18-20-16)13(23)26-8(5-17-19-15)11(9)27-12(22)6-1-3-7(4-2-6)21(24)25;14-10-11(18-20-16)13(22-7-8-4-2-1-3-5-8)23-9(12(10)21)6-17-19-15;1-3-6-4(2)5/h1-9,15-18,20H,10-11H2;1-4,8-11,13,23H,5H2;1-5,9-13,21H,6-7H2;3H2,1-2H3/t15-,16-,17-,18+,20?;8-,9-,10-,11+,13?;9-,10-,11-,12-,13?;/m111./s1. The highest BCUT2D eigenvalue weighted by Gasteiger charge is 2.50. The van der Waals surface area contributed by atoms with Gasteiger partial charge in [-0.25, -0.2) is 22.8 Å².